The molecule has 0 aromatic heterocycles. The van der Waals surface area contributed by atoms with E-state index >= 15 is 0 Å². The molecule has 5 nitrogen and oxygen atoms in total. The van der Waals surface area contributed by atoms with Crippen molar-refractivity contribution in [3.8, 4) is 5.75 Å². The van der Waals surface area contributed by atoms with Gasteiger partial charge in [0.25, 0.3) is 0 Å². The van der Waals surface area contributed by atoms with Gasteiger partial charge in [0.2, 0.25) is 11.8 Å². The van der Waals surface area contributed by atoms with Gasteiger partial charge in [-0.05, 0) is 36.4 Å². The van der Waals surface area contributed by atoms with Gasteiger partial charge in [-0.15, -0.1) is 0 Å². The van der Waals surface area contributed by atoms with E-state index in [4.69, 9.17) is 11.6 Å². The summed E-state index contributed by atoms with van der Waals surface area (Å²) in [6.07, 6.45) is -4.68. The van der Waals surface area contributed by atoms with Crippen molar-refractivity contribution in [2.24, 2.45) is 5.92 Å². The summed E-state index contributed by atoms with van der Waals surface area (Å²) >= 11 is 5.82. The maximum absolute atomic E-state index is 12.9. The lowest BCUT2D eigenvalue weighted by Crippen LogP contribution is -2.28. The molecule has 2 amide bonds. The monoisotopic (exact) mass is 398 g/mol. The number of nitrogens with one attached hydrogen (secondary N) is 1. The Balaban J connectivity index is 1.75. The number of hydrogen-bond acceptors (Lipinski definition) is 3. The van der Waals surface area contributed by atoms with Gasteiger partial charge >= 0.3 is 6.18 Å². The Bertz CT molecular complexity index is 902. The Morgan fingerprint density at radius 1 is 1.22 bits per heavy atom. The smallest absolute Gasteiger partial charge is 0.416 e. The van der Waals surface area contributed by atoms with Gasteiger partial charge in [0.05, 0.1) is 17.2 Å². The number of carbonyl (C=O) groups is 2. The van der Waals surface area contributed by atoms with Gasteiger partial charge in [-0.1, -0.05) is 17.7 Å². The summed E-state index contributed by atoms with van der Waals surface area (Å²) in [6, 6.07) is 8.50. The van der Waals surface area contributed by atoms with E-state index in [1.807, 2.05) is 0 Å². The first-order valence-electron chi connectivity index (χ1n) is 7.92. The van der Waals surface area contributed by atoms with Crippen molar-refractivity contribution in [3.63, 3.8) is 0 Å². The number of phenols is 1. The molecule has 0 saturated carbocycles. The molecular formula is C18H14ClF3N2O3. The molecule has 27 heavy (non-hydrogen) atoms. The van der Waals surface area contributed by atoms with Crippen molar-refractivity contribution in [1.82, 2.24) is 0 Å². The Kier molecular flexibility index (Phi) is 5.01. The molecule has 2 aromatic carbocycles. The Morgan fingerprint density at radius 2 is 1.96 bits per heavy atom. The maximum Gasteiger partial charge on any atom is 0.416 e. The number of alkyl halides is 3. The van der Waals surface area contributed by atoms with Crippen molar-refractivity contribution in [2.45, 2.75) is 12.6 Å². The summed E-state index contributed by atoms with van der Waals surface area (Å²) in [5, 5.41) is 12.5. The molecule has 0 aliphatic carbocycles. The minimum absolute atomic E-state index is 0.0622. The first-order valence-corrected chi connectivity index (χ1v) is 8.30. The fraction of sp³-hybridized carbons (Fsp3) is 0.222. The first-order chi connectivity index (χ1) is 12.6. The molecule has 1 fully saturated rings. The van der Waals surface area contributed by atoms with Crippen molar-refractivity contribution < 1.29 is 27.9 Å². The van der Waals surface area contributed by atoms with Crippen LogP contribution < -0.4 is 10.2 Å². The van der Waals surface area contributed by atoms with E-state index in [0.717, 1.165) is 17.0 Å². The first kappa shape index (κ1) is 19.0. The summed E-state index contributed by atoms with van der Waals surface area (Å²) in [5.41, 5.74) is -0.697. The second-order valence-corrected chi connectivity index (χ2v) is 6.54. The summed E-state index contributed by atoms with van der Waals surface area (Å²) in [4.78, 5) is 25.8. The van der Waals surface area contributed by atoms with Crippen LogP contribution in [0.25, 0.3) is 0 Å². The van der Waals surface area contributed by atoms with Crippen LogP contribution in [-0.2, 0) is 15.8 Å². The molecule has 2 N–H and O–H groups in total. The van der Waals surface area contributed by atoms with Gasteiger partial charge < -0.3 is 15.3 Å². The SMILES string of the molecule is O=C(Nc1cc(Cl)ccc1O)C1CC(=O)N(c2cccc(C(F)(F)F)c2)C1. The van der Waals surface area contributed by atoms with Crippen LogP contribution in [0.1, 0.15) is 12.0 Å². The maximum atomic E-state index is 12.9. The molecule has 1 aliphatic rings. The number of carbonyl (C=O) groups excluding carboxylic acids is 2. The normalized spacial score (nSPS) is 17.3. The van der Waals surface area contributed by atoms with Crippen LogP contribution in [0.3, 0.4) is 0 Å². The highest BCUT2D eigenvalue weighted by molar-refractivity contribution is 6.31. The third kappa shape index (κ3) is 4.16. The molecule has 1 heterocycles. The minimum atomic E-state index is -4.53. The third-order valence-electron chi connectivity index (χ3n) is 4.20. The molecule has 9 heteroatoms. The molecule has 2 aromatic rings. The Labute approximate surface area is 157 Å². The largest absolute Gasteiger partial charge is 0.506 e. The topological polar surface area (TPSA) is 69.6 Å². The van der Waals surface area contributed by atoms with Crippen LogP contribution in [0.2, 0.25) is 5.02 Å². The zero-order valence-corrected chi connectivity index (χ0v) is 14.5. The second kappa shape index (κ2) is 7.11. The molecule has 142 valence electrons. The predicted octanol–water partition coefficient (Wildman–Crippen LogP) is 4.06. The number of rotatable bonds is 3. The lowest BCUT2D eigenvalue weighted by atomic mass is 10.1. The van der Waals surface area contributed by atoms with Crippen LogP contribution in [0, 0.1) is 5.92 Å². The molecule has 1 saturated heterocycles. The summed E-state index contributed by atoms with van der Waals surface area (Å²) in [6.45, 7) is -0.0622. The van der Waals surface area contributed by atoms with Gasteiger partial charge in [-0.25, -0.2) is 0 Å². The average molecular weight is 399 g/mol. The van der Waals surface area contributed by atoms with E-state index in [9.17, 15) is 27.9 Å². The number of aromatic hydroxyl groups is 1. The van der Waals surface area contributed by atoms with Gasteiger partial charge in [-0.3, -0.25) is 9.59 Å². The highest BCUT2D eigenvalue weighted by Gasteiger charge is 2.37. The summed E-state index contributed by atoms with van der Waals surface area (Å²) < 4.78 is 38.6. The van der Waals surface area contributed by atoms with Gasteiger partial charge in [0.1, 0.15) is 5.75 Å². The molecule has 1 unspecified atom stereocenters. The number of hydrogen-bond donors (Lipinski definition) is 2. The Hall–Kier alpha value is -2.74. The zero-order valence-electron chi connectivity index (χ0n) is 13.8. The van der Waals surface area contributed by atoms with Crippen molar-refractivity contribution >= 4 is 34.8 Å². The molecule has 3 rings (SSSR count). The second-order valence-electron chi connectivity index (χ2n) is 6.10. The highest BCUT2D eigenvalue weighted by Crippen LogP contribution is 2.34. The van der Waals surface area contributed by atoms with Crippen molar-refractivity contribution in [1.29, 1.82) is 0 Å². The number of nitrogens with zero attached hydrogens (tertiary/aromatic N) is 1. The van der Waals surface area contributed by atoms with Crippen LogP contribution in [0.15, 0.2) is 42.5 Å². The van der Waals surface area contributed by atoms with Crippen molar-refractivity contribution in [2.75, 3.05) is 16.8 Å². The van der Waals surface area contributed by atoms with E-state index in [0.29, 0.717) is 5.02 Å². The van der Waals surface area contributed by atoms with Gasteiger partial charge in [0.15, 0.2) is 0 Å². The lowest BCUT2D eigenvalue weighted by Gasteiger charge is -2.18. The lowest BCUT2D eigenvalue weighted by molar-refractivity contribution is -0.137. The average Bonchev–Trinajstić information content (AvgIpc) is 2.99. The fourth-order valence-corrected chi connectivity index (χ4v) is 3.00. The number of anilines is 2. The van der Waals surface area contributed by atoms with Gasteiger partial charge in [0, 0.05) is 23.7 Å². The van der Waals surface area contributed by atoms with E-state index in [-0.39, 0.29) is 30.1 Å². The number of halogens is 4. The molecule has 0 spiro atoms. The number of benzene rings is 2. The molecule has 0 bridgehead atoms. The molecular weight excluding hydrogens is 385 g/mol. The third-order valence-corrected chi connectivity index (χ3v) is 4.43. The summed E-state index contributed by atoms with van der Waals surface area (Å²) in [7, 11) is 0. The van der Waals surface area contributed by atoms with E-state index in [1.54, 1.807) is 0 Å². The fourth-order valence-electron chi connectivity index (χ4n) is 2.83. The summed E-state index contributed by atoms with van der Waals surface area (Å²) in [5.74, 6) is -1.95. The van der Waals surface area contributed by atoms with E-state index in [1.165, 1.54) is 30.3 Å². The van der Waals surface area contributed by atoms with Crippen LogP contribution in [-0.4, -0.2) is 23.5 Å². The number of phenolic OH excluding ortho intramolecular Hbond substituents is 1. The highest BCUT2D eigenvalue weighted by atomic mass is 35.5. The Morgan fingerprint density at radius 3 is 2.67 bits per heavy atom. The quantitative estimate of drug-likeness (QED) is 0.766. The van der Waals surface area contributed by atoms with Crippen LogP contribution >= 0.6 is 11.6 Å². The van der Waals surface area contributed by atoms with E-state index in [2.05, 4.69) is 5.32 Å². The minimum Gasteiger partial charge on any atom is -0.506 e. The van der Waals surface area contributed by atoms with Gasteiger partial charge in [-0.2, -0.15) is 13.2 Å². The van der Waals surface area contributed by atoms with E-state index < -0.39 is 29.5 Å². The molecule has 1 aliphatic heterocycles. The van der Waals surface area contributed by atoms with Crippen molar-refractivity contribution in [3.05, 3.63) is 53.1 Å². The van der Waals surface area contributed by atoms with Crippen LogP contribution in [0.4, 0.5) is 24.5 Å². The zero-order chi connectivity index (χ0) is 19.8. The predicted molar refractivity (Wildman–Crippen MR) is 93.7 cm³/mol. The standard InChI is InChI=1S/C18H14ClF3N2O3/c19-12-4-5-15(25)14(8-12)23-17(27)10-6-16(26)24(9-10)13-3-1-2-11(7-13)18(20,21)22/h1-5,7-8,10,25H,6,9H2,(H,23,27). The molecule has 0 radical (unpaired) electrons. The van der Waals surface area contributed by atoms with Crippen LogP contribution in [0.5, 0.6) is 5.75 Å². The molecule has 1 atom stereocenters. The number of amides is 2.